The van der Waals surface area contributed by atoms with Gasteiger partial charge in [0.25, 0.3) is 5.91 Å². The van der Waals surface area contributed by atoms with Gasteiger partial charge in [-0.25, -0.2) is 14.4 Å². The van der Waals surface area contributed by atoms with Crippen molar-refractivity contribution in [3.8, 4) is 0 Å². The van der Waals surface area contributed by atoms with E-state index in [2.05, 4.69) is 10.3 Å². The first-order valence-corrected chi connectivity index (χ1v) is 11.1. The Labute approximate surface area is 190 Å². The fourth-order valence-corrected chi connectivity index (χ4v) is 4.49. The lowest BCUT2D eigenvalue weighted by Gasteiger charge is -2.08. The number of anilines is 1. The van der Waals surface area contributed by atoms with E-state index in [0.717, 1.165) is 10.4 Å². The first-order valence-electron chi connectivity index (χ1n) is 10.3. The Bertz CT molecular complexity index is 1040. The number of hydrogen-bond donors (Lipinski definition) is 2. The summed E-state index contributed by atoms with van der Waals surface area (Å²) >= 11 is 1.26. The van der Waals surface area contributed by atoms with Crippen molar-refractivity contribution in [2.75, 3.05) is 25.1 Å². The van der Waals surface area contributed by atoms with Crippen LogP contribution in [0.25, 0.3) is 0 Å². The van der Waals surface area contributed by atoms with Crippen molar-refractivity contribution in [1.29, 1.82) is 0 Å². The molecule has 0 fully saturated rings. The van der Waals surface area contributed by atoms with Crippen LogP contribution in [0.5, 0.6) is 0 Å². The third-order valence-corrected chi connectivity index (χ3v) is 5.81. The molecule has 0 unspecified atom stereocenters. The average Bonchev–Trinajstić information content (AvgIpc) is 3.21. The molecule has 0 saturated carbocycles. The number of rotatable bonds is 9. The Hall–Kier alpha value is -3.14. The lowest BCUT2D eigenvalue weighted by Crippen LogP contribution is -2.22. The Morgan fingerprint density at radius 3 is 2.03 bits per heavy atom. The summed E-state index contributed by atoms with van der Waals surface area (Å²) < 4.78 is 15.2. The van der Waals surface area contributed by atoms with E-state index in [4.69, 9.17) is 14.2 Å². The van der Waals surface area contributed by atoms with Crippen LogP contribution in [0.3, 0.4) is 0 Å². The molecule has 0 radical (unpaired) electrons. The molecular weight excluding hydrogens is 436 g/mol. The molecule has 0 bridgehead atoms. The number of H-pyrrole nitrogens is 1. The highest BCUT2D eigenvalue weighted by molar-refractivity contribution is 7.16. The van der Waals surface area contributed by atoms with Crippen molar-refractivity contribution in [2.45, 2.75) is 48.0 Å². The van der Waals surface area contributed by atoms with Gasteiger partial charge in [-0.2, -0.15) is 0 Å². The van der Waals surface area contributed by atoms with E-state index in [-0.39, 0.29) is 24.5 Å². The molecule has 9 nitrogen and oxygen atoms in total. The van der Waals surface area contributed by atoms with Gasteiger partial charge in [0.05, 0.1) is 24.3 Å². The van der Waals surface area contributed by atoms with Crippen LogP contribution in [0.1, 0.15) is 73.7 Å². The van der Waals surface area contributed by atoms with E-state index in [1.54, 1.807) is 27.7 Å². The number of esters is 3. The molecule has 2 aromatic heterocycles. The highest BCUT2D eigenvalue weighted by Crippen LogP contribution is 2.34. The van der Waals surface area contributed by atoms with Crippen LogP contribution in [0.2, 0.25) is 0 Å². The van der Waals surface area contributed by atoms with Crippen molar-refractivity contribution in [2.24, 2.45) is 0 Å². The summed E-state index contributed by atoms with van der Waals surface area (Å²) in [6.07, 6.45) is 0.607. The number of ether oxygens (including phenoxy) is 3. The monoisotopic (exact) mass is 464 g/mol. The summed E-state index contributed by atoms with van der Waals surface area (Å²) in [7, 11) is 0. The second-order valence-corrected chi connectivity index (χ2v) is 8.11. The molecule has 174 valence electrons. The minimum absolute atomic E-state index is 0.0748. The molecule has 0 aromatic carbocycles. The number of aromatic amines is 1. The number of aryl methyl sites for hydroxylation is 2. The largest absolute Gasteiger partial charge is 0.462 e. The molecular formula is C22H28N2O7S. The zero-order chi connectivity index (χ0) is 24.0. The molecule has 0 spiro atoms. The third-order valence-electron chi connectivity index (χ3n) is 4.75. The van der Waals surface area contributed by atoms with Crippen LogP contribution in [0, 0.1) is 20.8 Å². The second kappa shape index (κ2) is 10.9. The van der Waals surface area contributed by atoms with E-state index in [1.165, 1.54) is 11.3 Å². The number of nitrogens with one attached hydrogen (secondary N) is 2. The molecule has 0 aliphatic heterocycles. The molecule has 1 amide bonds. The number of hydrogen-bond acceptors (Lipinski definition) is 8. The quantitative estimate of drug-likeness (QED) is 0.428. The van der Waals surface area contributed by atoms with E-state index in [0.29, 0.717) is 28.2 Å². The fraction of sp³-hybridized carbons (Fsp3) is 0.455. The maximum absolute atomic E-state index is 12.5. The topological polar surface area (TPSA) is 124 Å². The van der Waals surface area contributed by atoms with Crippen molar-refractivity contribution in [1.82, 2.24) is 4.98 Å². The van der Waals surface area contributed by atoms with E-state index >= 15 is 0 Å². The molecule has 2 N–H and O–H groups in total. The van der Waals surface area contributed by atoms with Gasteiger partial charge in [0, 0.05) is 10.6 Å². The van der Waals surface area contributed by atoms with Crippen LogP contribution >= 0.6 is 11.3 Å². The molecule has 0 atom stereocenters. The van der Waals surface area contributed by atoms with Crippen LogP contribution in [0.15, 0.2) is 0 Å². The molecule has 10 heteroatoms. The smallest absolute Gasteiger partial charge is 0.355 e. The van der Waals surface area contributed by atoms with Crippen molar-refractivity contribution in [3.63, 3.8) is 0 Å². The zero-order valence-corrected chi connectivity index (χ0v) is 19.9. The SMILES string of the molecule is CCOC(=O)c1c(C)[nH]c(C(=O)OCC(=O)Nc2sc(C)c(CC)c2C(=O)OCC)c1C. The minimum Gasteiger partial charge on any atom is -0.462 e. The second-order valence-electron chi connectivity index (χ2n) is 6.88. The van der Waals surface area contributed by atoms with Gasteiger partial charge in [0.15, 0.2) is 6.61 Å². The van der Waals surface area contributed by atoms with E-state index < -0.39 is 30.4 Å². The molecule has 0 aliphatic carbocycles. The molecule has 2 rings (SSSR count). The predicted octanol–water partition coefficient (Wildman–Crippen LogP) is 3.71. The van der Waals surface area contributed by atoms with Crippen molar-refractivity contribution < 1.29 is 33.4 Å². The standard InChI is InChI=1S/C22H28N2O7S/c1-7-14-13(6)32-19(17(14)21(27)30-9-3)24-15(25)10-31-22(28)18-11(4)16(12(5)23-18)20(26)29-8-2/h23H,7-10H2,1-6H3,(H,24,25). The van der Waals surface area contributed by atoms with E-state index in [1.807, 2.05) is 13.8 Å². The summed E-state index contributed by atoms with van der Waals surface area (Å²) in [5, 5.41) is 2.99. The van der Waals surface area contributed by atoms with Gasteiger partial charge in [-0.1, -0.05) is 6.92 Å². The number of carbonyl (C=O) groups excluding carboxylic acids is 4. The molecule has 32 heavy (non-hydrogen) atoms. The first-order chi connectivity index (χ1) is 15.2. The third kappa shape index (κ3) is 5.37. The van der Waals surface area contributed by atoms with Gasteiger partial charge in [0.2, 0.25) is 0 Å². The van der Waals surface area contributed by atoms with Gasteiger partial charge in [0.1, 0.15) is 10.7 Å². The Morgan fingerprint density at radius 2 is 1.47 bits per heavy atom. The first kappa shape index (κ1) is 25.1. The maximum atomic E-state index is 12.5. The Kier molecular flexibility index (Phi) is 8.59. The molecule has 0 aliphatic rings. The van der Waals surface area contributed by atoms with Crippen molar-refractivity contribution in [3.05, 3.63) is 38.5 Å². The highest BCUT2D eigenvalue weighted by atomic mass is 32.1. The van der Waals surface area contributed by atoms with Crippen LogP contribution in [0.4, 0.5) is 5.00 Å². The molecule has 2 aromatic rings. The predicted molar refractivity (Wildman–Crippen MR) is 120 cm³/mol. The maximum Gasteiger partial charge on any atom is 0.355 e. The number of thiophene rings is 1. The van der Waals surface area contributed by atoms with Crippen LogP contribution in [-0.4, -0.2) is 48.6 Å². The molecule has 2 heterocycles. The van der Waals surface area contributed by atoms with Gasteiger partial charge in [-0.3, -0.25) is 4.79 Å². The minimum atomic E-state index is -0.779. The van der Waals surface area contributed by atoms with Gasteiger partial charge in [-0.05, 0) is 52.2 Å². The van der Waals surface area contributed by atoms with E-state index in [9.17, 15) is 19.2 Å². The molecule has 0 saturated heterocycles. The Balaban J connectivity index is 2.11. The number of carbonyl (C=O) groups is 4. The zero-order valence-electron chi connectivity index (χ0n) is 19.1. The normalized spacial score (nSPS) is 10.6. The highest BCUT2D eigenvalue weighted by Gasteiger charge is 2.26. The number of aromatic nitrogens is 1. The average molecular weight is 465 g/mol. The van der Waals surface area contributed by atoms with Gasteiger partial charge >= 0.3 is 17.9 Å². The lowest BCUT2D eigenvalue weighted by atomic mass is 10.1. The van der Waals surface area contributed by atoms with Crippen LogP contribution < -0.4 is 5.32 Å². The fourth-order valence-electron chi connectivity index (χ4n) is 3.34. The summed E-state index contributed by atoms with van der Waals surface area (Å²) in [6.45, 7) is 10.3. The number of amides is 1. The Morgan fingerprint density at radius 1 is 0.875 bits per heavy atom. The summed E-state index contributed by atoms with van der Waals surface area (Å²) in [5.74, 6) is -2.43. The summed E-state index contributed by atoms with van der Waals surface area (Å²) in [5.41, 5.74) is 2.33. The lowest BCUT2D eigenvalue weighted by molar-refractivity contribution is -0.119. The summed E-state index contributed by atoms with van der Waals surface area (Å²) in [4.78, 5) is 53.1. The summed E-state index contributed by atoms with van der Waals surface area (Å²) in [6, 6.07) is 0. The van der Waals surface area contributed by atoms with Crippen LogP contribution in [-0.2, 0) is 25.4 Å². The van der Waals surface area contributed by atoms with Gasteiger partial charge < -0.3 is 24.5 Å². The van der Waals surface area contributed by atoms with Crippen molar-refractivity contribution >= 4 is 40.2 Å². The van der Waals surface area contributed by atoms with Gasteiger partial charge in [-0.15, -0.1) is 11.3 Å².